The summed E-state index contributed by atoms with van der Waals surface area (Å²) in [4.78, 5) is 13.6. The molecule has 0 rings (SSSR count). The second-order valence-corrected chi connectivity index (χ2v) is 4.79. The third-order valence-corrected chi connectivity index (χ3v) is 2.61. The zero-order valence-corrected chi connectivity index (χ0v) is 12.2. The molecule has 0 heterocycles. The molecule has 2 atom stereocenters. The van der Waals surface area contributed by atoms with E-state index in [0.29, 0.717) is 6.42 Å². The van der Waals surface area contributed by atoms with Crippen LogP contribution in [-0.2, 0) is 4.79 Å². The lowest BCUT2D eigenvalue weighted by Crippen LogP contribution is -2.53. The molecule has 0 amide bonds. The van der Waals surface area contributed by atoms with Gasteiger partial charge < -0.3 is 5.11 Å². The van der Waals surface area contributed by atoms with Gasteiger partial charge in [-0.15, -0.1) is 0 Å². The summed E-state index contributed by atoms with van der Waals surface area (Å²) in [6, 6.07) is -0.389. The number of ketones is 1. The van der Waals surface area contributed by atoms with E-state index in [9.17, 15) is 9.90 Å². The summed E-state index contributed by atoms with van der Waals surface area (Å²) in [6.45, 7) is 13.6. The third-order valence-electron chi connectivity index (χ3n) is 2.61. The van der Waals surface area contributed by atoms with Crippen LogP contribution in [0.3, 0.4) is 0 Å². The molecule has 0 saturated heterocycles. The molecule has 0 bridgehead atoms. The van der Waals surface area contributed by atoms with Gasteiger partial charge in [-0.05, 0) is 34.7 Å². The number of aliphatic hydroxyl groups is 1. The van der Waals surface area contributed by atoms with Gasteiger partial charge in [-0.2, -0.15) is 0 Å². The van der Waals surface area contributed by atoms with E-state index in [2.05, 4.69) is 0 Å². The molecule has 0 aliphatic rings. The van der Waals surface area contributed by atoms with Gasteiger partial charge in [-0.3, -0.25) is 9.69 Å². The van der Waals surface area contributed by atoms with Crippen LogP contribution in [0.5, 0.6) is 0 Å². The Morgan fingerprint density at radius 1 is 1.31 bits per heavy atom. The van der Waals surface area contributed by atoms with Gasteiger partial charge in [0.1, 0.15) is 0 Å². The first kappa shape index (κ1) is 18.0. The molecule has 0 saturated carbocycles. The van der Waals surface area contributed by atoms with E-state index in [0.717, 1.165) is 0 Å². The lowest BCUT2D eigenvalue weighted by Gasteiger charge is -2.39. The normalized spacial score (nSPS) is 15.1. The maximum Gasteiger partial charge on any atom is 0.152 e. The average Bonchev–Trinajstić information content (AvgIpc) is 2.18. The molecule has 0 aromatic carbocycles. The first-order valence-electron chi connectivity index (χ1n) is 6.15. The predicted octanol–water partition coefficient (Wildman–Crippen LogP) is 2.47. The van der Waals surface area contributed by atoms with Crippen molar-refractivity contribution in [3.63, 3.8) is 0 Å². The summed E-state index contributed by atoms with van der Waals surface area (Å²) < 4.78 is 0. The minimum Gasteiger partial charge on any atom is -0.391 e. The maximum atomic E-state index is 11.6. The molecule has 98 valence electrons. The summed E-state index contributed by atoms with van der Waals surface area (Å²) in [5, 5.41) is 9.58. The van der Waals surface area contributed by atoms with Gasteiger partial charge in [0.25, 0.3) is 0 Å². The van der Waals surface area contributed by atoms with Crippen LogP contribution in [0.2, 0.25) is 0 Å². The molecular weight excluding hydrogens is 202 g/mol. The summed E-state index contributed by atoms with van der Waals surface area (Å²) in [5.41, 5.74) is -0.105. The zero-order valence-electron chi connectivity index (χ0n) is 12.2. The van der Waals surface area contributed by atoms with Gasteiger partial charge in [-0.25, -0.2) is 0 Å². The molecule has 0 aliphatic carbocycles. The van der Waals surface area contributed by atoms with Crippen molar-refractivity contribution in [1.29, 1.82) is 0 Å². The van der Waals surface area contributed by atoms with Crippen LogP contribution in [0.25, 0.3) is 0 Å². The SMILES string of the molecule is CC.CCC(=O)C(C(C)O)N(C)C(C)(C)C. The summed E-state index contributed by atoms with van der Waals surface area (Å²) >= 11 is 0. The topological polar surface area (TPSA) is 40.5 Å². The highest BCUT2D eigenvalue weighted by Crippen LogP contribution is 2.18. The van der Waals surface area contributed by atoms with Crippen molar-refractivity contribution < 1.29 is 9.90 Å². The number of aliphatic hydroxyl groups excluding tert-OH is 1. The molecule has 3 nitrogen and oxygen atoms in total. The number of rotatable bonds is 4. The Labute approximate surface area is 101 Å². The van der Waals surface area contributed by atoms with Crippen molar-refractivity contribution in [3.05, 3.63) is 0 Å². The second-order valence-electron chi connectivity index (χ2n) is 4.79. The Kier molecular flexibility index (Phi) is 8.76. The molecule has 3 heteroatoms. The maximum absolute atomic E-state index is 11.6. The van der Waals surface area contributed by atoms with Crippen molar-refractivity contribution in [1.82, 2.24) is 4.90 Å². The standard InChI is InChI=1S/C11H23NO2.C2H6/c1-7-9(14)10(8(2)13)12(6)11(3,4)5;1-2/h8,10,13H,7H2,1-6H3;1-2H3. The van der Waals surface area contributed by atoms with Crippen molar-refractivity contribution in [3.8, 4) is 0 Å². The number of hydrogen-bond acceptors (Lipinski definition) is 3. The van der Waals surface area contributed by atoms with E-state index in [1.165, 1.54) is 0 Å². The van der Waals surface area contributed by atoms with Gasteiger partial charge >= 0.3 is 0 Å². The van der Waals surface area contributed by atoms with Crippen LogP contribution in [0.1, 0.15) is 54.9 Å². The van der Waals surface area contributed by atoms with Crippen LogP contribution in [0.4, 0.5) is 0 Å². The molecule has 0 aromatic heterocycles. The molecule has 16 heavy (non-hydrogen) atoms. The smallest absolute Gasteiger partial charge is 0.152 e. The van der Waals surface area contributed by atoms with E-state index in [4.69, 9.17) is 0 Å². The van der Waals surface area contributed by atoms with Crippen LogP contribution >= 0.6 is 0 Å². The summed E-state index contributed by atoms with van der Waals surface area (Å²) in [5.74, 6) is 0.0948. The molecule has 1 N–H and O–H groups in total. The van der Waals surface area contributed by atoms with E-state index >= 15 is 0 Å². The lowest BCUT2D eigenvalue weighted by atomic mass is 9.97. The molecule has 0 spiro atoms. The number of Topliss-reactive ketones (excluding diaryl/α,β-unsaturated/α-hetero) is 1. The summed E-state index contributed by atoms with van der Waals surface area (Å²) in [7, 11) is 1.88. The number of carbonyl (C=O) groups is 1. The lowest BCUT2D eigenvalue weighted by molar-refractivity contribution is -0.129. The Morgan fingerprint density at radius 3 is 1.88 bits per heavy atom. The predicted molar refractivity (Wildman–Crippen MR) is 69.6 cm³/mol. The van der Waals surface area contributed by atoms with Gasteiger partial charge in [0.2, 0.25) is 0 Å². The van der Waals surface area contributed by atoms with E-state index in [1.54, 1.807) is 6.92 Å². The average molecular weight is 231 g/mol. The Hall–Kier alpha value is -0.410. The van der Waals surface area contributed by atoms with E-state index in [1.807, 2.05) is 53.5 Å². The Balaban J connectivity index is 0. The summed E-state index contributed by atoms with van der Waals surface area (Å²) in [6.07, 6.45) is -0.151. The molecule has 0 radical (unpaired) electrons. The fourth-order valence-corrected chi connectivity index (χ4v) is 1.44. The number of carbonyl (C=O) groups excluding carboxylic acids is 1. The van der Waals surface area contributed by atoms with Crippen LogP contribution < -0.4 is 0 Å². The molecule has 0 fully saturated rings. The zero-order chi connectivity index (χ0) is 13.5. The van der Waals surface area contributed by atoms with E-state index < -0.39 is 6.10 Å². The Bertz CT molecular complexity index is 195. The van der Waals surface area contributed by atoms with Crippen molar-refractivity contribution in [2.24, 2.45) is 0 Å². The molecule has 2 unspecified atom stereocenters. The van der Waals surface area contributed by atoms with Gasteiger partial charge in [0, 0.05) is 12.0 Å². The van der Waals surface area contributed by atoms with Gasteiger partial charge in [0.15, 0.2) is 5.78 Å². The monoisotopic (exact) mass is 231 g/mol. The Morgan fingerprint density at radius 2 is 1.69 bits per heavy atom. The minimum atomic E-state index is -0.619. The van der Waals surface area contributed by atoms with Crippen LogP contribution in [0.15, 0.2) is 0 Å². The largest absolute Gasteiger partial charge is 0.391 e. The van der Waals surface area contributed by atoms with Crippen LogP contribution in [0, 0.1) is 0 Å². The molecule has 0 aliphatic heterocycles. The van der Waals surface area contributed by atoms with Gasteiger partial charge in [-0.1, -0.05) is 20.8 Å². The highest BCUT2D eigenvalue weighted by atomic mass is 16.3. The molecular formula is C13H29NO2. The number of hydrogen-bond donors (Lipinski definition) is 1. The van der Waals surface area contributed by atoms with Crippen molar-refractivity contribution in [2.75, 3.05) is 7.05 Å². The van der Waals surface area contributed by atoms with Crippen LogP contribution in [-0.4, -0.2) is 40.5 Å². The highest BCUT2D eigenvalue weighted by molar-refractivity contribution is 5.84. The minimum absolute atomic E-state index is 0.0948. The fourth-order valence-electron chi connectivity index (χ4n) is 1.44. The third kappa shape index (κ3) is 5.61. The fraction of sp³-hybridized carbons (Fsp3) is 0.923. The van der Waals surface area contributed by atoms with Crippen molar-refractivity contribution in [2.45, 2.75) is 72.6 Å². The highest BCUT2D eigenvalue weighted by Gasteiger charge is 2.32. The van der Waals surface area contributed by atoms with Crippen molar-refractivity contribution >= 4 is 5.78 Å². The molecule has 0 aromatic rings. The quantitative estimate of drug-likeness (QED) is 0.808. The van der Waals surface area contributed by atoms with E-state index in [-0.39, 0.29) is 17.4 Å². The number of likely N-dealkylation sites (N-methyl/N-ethyl adjacent to an activating group) is 1. The first-order valence-corrected chi connectivity index (χ1v) is 6.15. The first-order chi connectivity index (χ1) is 7.21. The number of nitrogens with zero attached hydrogens (tertiary/aromatic N) is 1. The van der Waals surface area contributed by atoms with Gasteiger partial charge in [0.05, 0.1) is 12.1 Å². The second kappa shape index (κ2) is 7.80.